The second-order valence-electron chi connectivity index (χ2n) is 7.32. The summed E-state index contributed by atoms with van der Waals surface area (Å²) in [5.74, 6) is 0.677. The number of carbonyl (C=O) groups excluding carboxylic acids is 2. The van der Waals surface area contributed by atoms with Gasteiger partial charge in [-0.25, -0.2) is 0 Å². The largest absolute Gasteiger partial charge is 0.496 e. The lowest BCUT2D eigenvalue weighted by Gasteiger charge is -2.37. The van der Waals surface area contributed by atoms with Gasteiger partial charge in [-0.2, -0.15) is 0 Å². The number of hydrogen-bond donors (Lipinski definition) is 1. The summed E-state index contributed by atoms with van der Waals surface area (Å²) in [7, 11) is 3.49. The van der Waals surface area contributed by atoms with Crippen LogP contribution in [0.1, 0.15) is 36.0 Å². The van der Waals surface area contributed by atoms with Crippen LogP contribution in [-0.4, -0.2) is 68.0 Å². The first kappa shape index (κ1) is 22.8. The first-order valence-corrected chi connectivity index (χ1v) is 10.00. The molecule has 1 aromatic rings. The van der Waals surface area contributed by atoms with Crippen molar-refractivity contribution in [3.05, 3.63) is 28.8 Å². The first-order valence-electron chi connectivity index (χ1n) is 9.62. The van der Waals surface area contributed by atoms with Crippen LogP contribution in [0.15, 0.2) is 18.2 Å². The summed E-state index contributed by atoms with van der Waals surface area (Å²) in [6.07, 6.45) is 3.57. The second-order valence-corrected chi connectivity index (χ2v) is 7.76. The highest BCUT2D eigenvalue weighted by molar-refractivity contribution is 6.31. The fraction of sp³-hybridized carbons (Fsp3) is 0.600. The van der Waals surface area contributed by atoms with E-state index in [0.717, 1.165) is 25.9 Å². The Morgan fingerprint density at radius 3 is 2.50 bits per heavy atom. The van der Waals surface area contributed by atoms with Crippen molar-refractivity contribution in [1.82, 2.24) is 15.1 Å². The monoisotopic (exact) mass is 429 g/mol. The highest BCUT2D eigenvalue weighted by Crippen LogP contribution is 2.27. The molecule has 2 aliphatic rings. The van der Waals surface area contributed by atoms with Crippen molar-refractivity contribution in [2.24, 2.45) is 5.92 Å². The van der Waals surface area contributed by atoms with Crippen LogP contribution in [0, 0.1) is 5.92 Å². The van der Waals surface area contributed by atoms with E-state index >= 15 is 0 Å². The summed E-state index contributed by atoms with van der Waals surface area (Å²) in [5.41, 5.74) is 0.475. The van der Waals surface area contributed by atoms with Crippen LogP contribution in [0.3, 0.4) is 0 Å². The van der Waals surface area contributed by atoms with E-state index in [2.05, 4.69) is 5.32 Å². The SMILES string of the molecule is CNC1CCCN(C(=O)C2CCN(C(=O)c3cc(Cl)ccc3OC)CC2)C1.Cl. The van der Waals surface area contributed by atoms with Crippen molar-refractivity contribution in [1.29, 1.82) is 0 Å². The van der Waals surface area contributed by atoms with Crippen molar-refractivity contribution < 1.29 is 14.3 Å². The van der Waals surface area contributed by atoms with E-state index in [-0.39, 0.29) is 30.1 Å². The third kappa shape index (κ3) is 5.10. The first-order chi connectivity index (χ1) is 13.0. The zero-order valence-corrected chi connectivity index (χ0v) is 18.0. The molecule has 2 heterocycles. The van der Waals surface area contributed by atoms with Gasteiger partial charge < -0.3 is 19.9 Å². The maximum atomic E-state index is 12.9. The van der Waals surface area contributed by atoms with Crippen molar-refractivity contribution >= 4 is 35.8 Å². The molecule has 0 bridgehead atoms. The third-order valence-corrected chi connectivity index (χ3v) is 5.90. The predicted octanol–water partition coefficient (Wildman–Crippen LogP) is 2.83. The van der Waals surface area contributed by atoms with Gasteiger partial charge in [-0.3, -0.25) is 9.59 Å². The Morgan fingerprint density at radius 1 is 1.14 bits per heavy atom. The zero-order valence-electron chi connectivity index (χ0n) is 16.4. The summed E-state index contributed by atoms with van der Waals surface area (Å²) in [6, 6.07) is 5.45. The van der Waals surface area contributed by atoms with Gasteiger partial charge in [0.15, 0.2) is 0 Å². The van der Waals surface area contributed by atoms with Crippen LogP contribution in [0.25, 0.3) is 0 Å². The molecule has 0 aromatic heterocycles. The number of likely N-dealkylation sites (N-methyl/N-ethyl adjacent to an activating group) is 1. The van der Waals surface area contributed by atoms with E-state index in [9.17, 15) is 9.59 Å². The molecule has 0 radical (unpaired) electrons. The average molecular weight is 430 g/mol. The van der Waals surface area contributed by atoms with Crippen molar-refractivity contribution in [3.8, 4) is 5.75 Å². The molecule has 2 saturated heterocycles. The fourth-order valence-electron chi connectivity index (χ4n) is 4.02. The lowest BCUT2D eigenvalue weighted by atomic mass is 9.93. The normalized spacial score (nSPS) is 20.5. The maximum Gasteiger partial charge on any atom is 0.257 e. The minimum absolute atomic E-state index is 0. The number of nitrogens with zero attached hydrogens (tertiary/aromatic N) is 2. The number of benzene rings is 1. The van der Waals surface area contributed by atoms with Crippen LogP contribution in [0.5, 0.6) is 5.75 Å². The number of amides is 2. The smallest absolute Gasteiger partial charge is 0.257 e. The van der Waals surface area contributed by atoms with Gasteiger partial charge in [0.25, 0.3) is 5.91 Å². The van der Waals surface area contributed by atoms with Gasteiger partial charge in [0.1, 0.15) is 5.75 Å². The number of ether oxygens (including phenoxy) is 1. The number of carbonyl (C=O) groups is 2. The number of likely N-dealkylation sites (tertiary alicyclic amines) is 2. The minimum Gasteiger partial charge on any atom is -0.496 e. The van der Waals surface area contributed by atoms with Gasteiger partial charge in [0.05, 0.1) is 12.7 Å². The van der Waals surface area contributed by atoms with Crippen LogP contribution in [0.4, 0.5) is 0 Å². The molecule has 156 valence electrons. The molecule has 6 nitrogen and oxygen atoms in total. The molecule has 0 spiro atoms. The summed E-state index contributed by atoms with van der Waals surface area (Å²) in [5, 5.41) is 3.79. The molecule has 1 atom stereocenters. The summed E-state index contributed by atoms with van der Waals surface area (Å²) in [4.78, 5) is 29.5. The highest BCUT2D eigenvalue weighted by atomic mass is 35.5. The van der Waals surface area contributed by atoms with E-state index in [4.69, 9.17) is 16.3 Å². The summed E-state index contributed by atoms with van der Waals surface area (Å²) in [6.45, 7) is 2.78. The molecule has 0 aliphatic carbocycles. The summed E-state index contributed by atoms with van der Waals surface area (Å²) < 4.78 is 5.30. The molecule has 1 unspecified atom stereocenters. The number of nitrogens with one attached hydrogen (secondary N) is 1. The lowest BCUT2D eigenvalue weighted by Crippen LogP contribution is -2.50. The molecule has 8 heteroatoms. The fourth-order valence-corrected chi connectivity index (χ4v) is 4.19. The van der Waals surface area contributed by atoms with Crippen molar-refractivity contribution in [2.45, 2.75) is 31.7 Å². The Morgan fingerprint density at radius 2 is 1.86 bits per heavy atom. The van der Waals surface area contributed by atoms with Crippen molar-refractivity contribution in [3.63, 3.8) is 0 Å². The molecule has 2 fully saturated rings. The Kier molecular flexibility index (Phi) is 8.40. The number of halogens is 2. The van der Waals surface area contributed by atoms with E-state index in [0.29, 0.717) is 48.3 Å². The van der Waals surface area contributed by atoms with Gasteiger partial charge in [-0.1, -0.05) is 11.6 Å². The molecular formula is C20H29Cl2N3O3. The topological polar surface area (TPSA) is 61.9 Å². The third-order valence-electron chi connectivity index (χ3n) is 5.66. The lowest BCUT2D eigenvalue weighted by molar-refractivity contribution is -0.138. The quantitative estimate of drug-likeness (QED) is 0.798. The van der Waals surface area contributed by atoms with Gasteiger partial charge in [0, 0.05) is 43.2 Å². The van der Waals surface area contributed by atoms with Crippen LogP contribution in [0.2, 0.25) is 5.02 Å². The zero-order chi connectivity index (χ0) is 19.4. The molecule has 3 rings (SSSR count). The minimum atomic E-state index is -0.0894. The number of hydrogen-bond acceptors (Lipinski definition) is 4. The molecule has 1 N–H and O–H groups in total. The predicted molar refractivity (Wildman–Crippen MR) is 113 cm³/mol. The van der Waals surface area contributed by atoms with Gasteiger partial charge in [-0.15, -0.1) is 12.4 Å². The molecular weight excluding hydrogens is 401 g/mol. The standard InChI is InChI=1S/C20H28ClN3O3.ClH/c1-22-16-4-3-9-24(13-16)19(25)14-7-10-23(11-8-14)20(26)17-12-15(21)5-6-18(17)27-2;/h5-6,12,14,16,22H,3-4,7-11,13H2,1-2H3;1H. The maximum absolute atomic E-state index is 12.9. The van der Waals surface area contributed by atoms with E-state index in [1.807, 2.05) is 11.9 Å². The van der Waals surface area contributed by atoms with Crippen LogP contribution >= 0.6 is 24.0 Å². The van der Waals surface area contributed by atoms with E-state index < -0.39 is 0 Å². The van der Waals surface area contributed by atoms with Crippen molar-refractivity contribution in [2.75, 3.05) is 40.3 Å². The molecule has 28 heavy (non-hydrogen) atoms. The number of methoxy groups -OCH3 is 1. The number of rotatable bonds is 4. The second kappa shape index (κ2) is 10.3. The van der Waals surface area contributed by atoms with Crippen LogP contribution in [-0.2, 0) is 4.79 Å². The Balaban J connectivity index is 0.00000280. The molecule has 2 aliphatic heterocycles. The Labute approximate surface area is 177 Å². The molecule has 2 amide bonds. The highest BCUT2D eigenvalue weighted by Gasteiger charge is 2.33. The number of piperidine rings is 2. The Bertz CT molecular complexity index is 693. The molecule has 1 aromatic carbocycles. The van der Waals surface area contributed by atoms with Gasteiger partial charge >= 0.3 is 0 Å². The van der Waals surface area contributed by atoms with Gasteiger partial charge in [-0.05, 0) is 50.9 Å². The Hall–Kier alpha value is -1.50. The average Bonchev–Trinajstić information content (AvgIpc) is 2.72. The van der Waals surface area contributed by atoms with Gasteiger partial charge in [0.2, 0.25) is 5.91 Å². The van der Waals surface area contributed by atoms with Crippen LogP contribution < -0.4 is 10.1 Å². The van der Waals surface area contributed by atoms with E-state index in [1.54, 1.807) is 30.2 Å². The van der Waals surface area contributed by atoms with E-state index in [1.165, 1.54) is 0 Å². The molecule has 0 saturated carbocycles. The summed E-state index contributed by atoms with van der Waals surface area (Å²) >= 11 is 6.05.